The van der Waals surface area contributed by atoms with Crippen LogP contribution in [0.1, 0.15) is 6.92 Å². The number of carbonyl (C=O) groups excluding carboxylic acids is 2. The van der Waals surface area contributed by atoms with E-state index in [1.54, 1.807) is 25.1 Å². The van der Waals surface area contributed by atoms with Crippen molar-refractivity contribution in [3.05, 3.63) is 27.7 Å². The van der Waals surface area contributed by atoms with Crippen LogP contribution in [0.2, 0.25) is 5.02 Å². The summed E-state index contributed by atoms with van der Waals surface area (Å²) < 4.78 is 0.626. The van der Waals surface area contributed by atoms with E-state index in [1.165, 1.54) is 0 Å². The second-order valence-corrected chi connectivity index (χ2v) is 5.34. The maximum absolute atomic E-state index is 11.6. The smallest absolute Gasteiger partial charge is 0.313 e. The minimum Gasteiger partial charge on any atom is -0.396 e. The highest BCUT2D eigenvalue weighted by molar-refractivity contribution is 9.10. The molecule has 1 unspecified atom stereocenters. The predicted octanol–water partition coefficient (Wildman–Crippen LogP) is 1.79. The average molecular weight is 350 g/mol. The molecule has 7 heteroatoms. The van der Waals surface area contributed by atoms with E-state index in [9.17, 15) is 9.59 Å². The van der Waals surface area contributed by atoms with Gasteiger partial charge in [-0.1, -0.05) is 18.5 Å². The quantitative estimate of drug-likeness (QED) is 0.725. The van der Waals surface area contributed by atoms with E-state index in [-0.39, 0.29) is 19.1 Å². The largest absolute Gasteiger partial charge is 0.396 e. The van der Waals surface area contributed by atoms with Crippen LogP contribution in [0.3, 0.4) is 0 Å². The van der Waals surface area contributed by atoms with Gasteiger partial charge >= 0.3 is 11.8 Å². The maximum Gasteiger partial charge on any atom is 0.313 e. The molecule has 0 aliphatic rings. The molecule has 0 spiro atoms. The number of amides is 2. The Morgan fingerprint density at radius 2 is 2.11 bits per heavy atom. The monoisotopic (exact) mass is 348 g/mol. The molecule has 0 saturated heterocycles. The van der Waals surface area contributed by atoms with Crippen LogP contribution < -0.4 is 10.6 Å². The second kappa shape index (κ2) is 7.47. The molecule has 5 nitrogen and oxygen atoms in total. The number of rotatable bonds is 4. The number of nitrogens with one attached hydrogen (secondary N) is 2. The van der Waals surface area contributed by atoms with Gasteiger partial charge in [0.25, 0.3) is 0 Å². The van der Waals surface area contributed by atoms with Gasteiger partial charge in [0.05, 0.1) is 5.02 Å². The lowest BCUT2D eigenvalue weighted by Gasteiger charge is -2.10. The first-order chi connectivity index (χ1) is 8.93. The predicted molar refractivity (Wildman–Crippen MR) is 77.0 cm³/mol. The molecule has 19 heavy (non-hydrogen) atoms. The van der Waals surface area contributed by atoms with E-state index in [1.807, 2.05) is 0 Å². The van der Waals surface area contributed by atoms with Crippen LogP contribution in [0.25, 0.3) is 0 Å². The first-order valence-electron chi connectivity index (χ1n) is 5.59. The van der Waals surface area contributed by atoms with Crippen molar-refractivity contribution >= 4 is 45.0 Å². The Balaban J connectivity index is 2.54. The molecule has 0 heterocycles. The molecule has 0 bridgehead atoms. The van der Waals surface area contributed by atoms with E-state index in [4.69, 9.17) is 16.7 Å². The van der Waals surface area contributed by atoms with Crippen LogP contribution in [-0.4, -0.2) is 30.1 Å². The van der Waals surface area contributed by atoms with Crippen LogP contribution in [0, 0.1) is 5.92 Å². The summed E-state index contributed by atoms with van der Waals surface area (Å²) >= 11 is 9.04. The lowest BCUT2D eigenvalue weighted by atomic mass is 10.2. The maximum atomic E-state index is 11.6. The van der Waals surface area contributed by atoms with Crippen molar-refractivity contribution in [2.45, 2.75) is 6.92 Å². The first kappa shape index (κ1) is 15.9. The van der Waals surface area contributed by atoms with Gasteiger partial charge in [0.2, 0.25) is 0 Å². The van der Waals surface area contributed by atoms with Gasteiger partial charge in [-0.3, -0.25) is 9.59 Å². The Hall–Kier alpha value is -1.11. The normalized spacial score (nSPS) is 11.8. The van der Waals surface area contributed by atoms with E-state index in [2.05, 4.69) is 26.6 Å². The van der Waals surface area contributed by atoms with E-state index in [0.29, 0.717) is 15.2 Å². The fourth-order valence-electron chi connectivity index (χ4n) is 1.17. The molecule has 1 rings (SSSR count). The lowest BCUT2D eigenvalue weighted by molar-refractivity contribution is -0.136. The van der Waals surface area contributed by atoms with Crippen molar-refractivity contribution in [3.8, 4) is 0 Å². The van der Waals surface area contributed by atoms with Crippen molar-refractivity contribution in [1.82, 2.24) is 5.32 Å². The number of aliphatic hydroxyl groups is 1. The molecular weight excluding hydrogens is 336 g/mol. The summed E-state index contributed by atoms with van der Waals surface area (Å²) in [6.07, 6.45) is 0. The SMILES string of the molecule is CC(CO)CNC(=O)C(=O)Nc1ccc(Cl)c(Br)c1. The second-order valence-electron chi connectivity index (χ2n) is 4.08. The summed E-state index contributed by atoms with van der Waals surface area (Å²) in [4.78, 5) is 23.1. The van der Waals surface area contributed by atoms with Gasteiger partial charge in [-0.15, -0.1) is 0 Å². The molecule has 1 aromatic rings. The summed E-state index contributed by atoms with van der Waals surface area (Å²) in [6.45, 7) is 1.95. The summed E-state index contributed by atoms with van der Waals surface area (Å²) in [5.74, 6) is -1.60. The highest BCUT2D eigenvalue weighted by Crippen LogP contribution is 2.25. The minimum atomic E-state index is -0.764. The molecule has 0 aromatic heterocycles. The fourth-order valence-corrected chi connectivity index (χ4v) is 1.67. The molecule has 1 aromatic carbocycles. The van der Waals surface area contributed by atoms with Crippen molar-refractivity contribution in [1.29, 1.82) is 0 Å². The molecule has 2 amide bonds. The van der Waals surface area contributed by atoms with Gasteiger partial charge in [0, 0.05) is 23.3 Å². The standard InChI is InChI=1S/C12H14BrClN2O3/c1-7(6-17)5-15-11(18)12(19)16-8-2-3-10(14)9(13)4-8/h2-4,7,17H,5-6H2,1H3,(H,15,18)(H,16,19). The number of aliphatic hydroxyl groups excluding tert-OH is 1. The van der Waals surface area contributed by atoms with E-state index in [0.717, 1.165) is 0 Å². The Morgan fingerprint density at radius 3 is 2.68 bits per heavy atom. The molecule has 0 radical (unpaired) electrons. The van der Waals surface area contributed by atoms with Crippen molar-refractivity contribution in [3.63, 3.8) is 0 Å². The third-order valence-electron chi connectivity index (χ3n) is 2.31. The van der Waals surface area contributed by atoms with Crippen LogP contribution in [0.4, 0.5) is 5.69 Å². The van der Waals surface area contributed by atoms with Gasteiger partial charge in [-0.05, 0) is 40.0 Å². The summed E-state index contributed by atoms with van der Waals surface area (Å²) in [5, 5.41) is 14.2. The zero-order chi connectivity index (χ0) is 14.4. The van der Waals surface area contributed by atoms with Crippen LogP contribution in [0.15, 0.2) is 22.7 Å². The molecule has 1 atom stereocenters. The van der Waals surface area contributed by atoms with Crippen molar-refractivity contribution in [2.24, 2.45) is 5.92 Å². The summed E-state index contributed by atoms with van der Waals surface area (Å²) in [6, 6.07) is 4.80. The summed E-state index contributed by atoms with van der Waals surface area (Å²) in [7, 11) is 0. The zero-order valence-corrected chi connectivity index (χ0v) is 12.6. The van der Waals surface area contributed by atoms with E-state index < -0.39 is 11.8 Å². The van der Waals surface area contributed by atoms with Crippen LogP contribution in [-0.2, 0) is 9.59 Å². The van der Waals surface area contributed by atoms with Gasteiger partial charge in [0.15, 0.2) is 0 Å². The molecular formula is C12H14BrClN2O3. The number of benzene rings is 1. The highest BCUT2D eigenvalue weighted by atomic mass is 79.9. The van der Waals surface area contributed by atoms with E-state index >= 15 is 0 Å². The van der Waals surface area contributed by atoms with Gasteiger partial charge in [-0.2, -0.15) is 0 Å². The topological polar surface area (TPSA) is 78.4 Å². The summed E-state index contributed by atoms with van der Waals surface area (Å²) in [5.41, 5.74) is 0.464. The van der Waals surface area contributed by atoms with Gasteiger partial charge in [-0.25, -0.2) is 0 Å². The zero-order valence-electron chi connectivity index (χ0n) is 10.2. The minimum absolute atomic E-state index is 0.0496. The number of hydrogen-bond acceptors (Lipinski definition) is 3. The number of hydrogen-bond donors (Lipinski definition) is 3. The van der Waals surface area contributed by atoms with Crippen molar-refractivity contribution < 1.29 is 14.7 Å². The lowest BCUT2D eigenvalue weighted by Crippen LogP contribution is -2.38. The average Bonchev–Trinajstić information content (AvgIpc) is 2.39. The Bertz CT molecular complexity index is 482. The third kappa shape index (κ3) is 5.18. The van der Waals surface area contributed by atoms with Gasteiger partial charge in [0.1, 0.15) is 0 Å². The Kier molecular flexibility index (Phi) is 6.27. The molecule has 0 saturated carbocycles. The molecule has 0 fully saturated rings. The number of anilines is 1. The number of carbonyl (C=O) groups is 2. The van der Waals surface area contributed by atoms with Crippen LogP contribution in [0.5, 0.6) is 0 Å². The first-order valence-corrected chi connectivity index (χ1v) is 6.76. The molecule has 0 aliphatic carbocycles. The van der Waals surface area contributed by atoms with Crippen LogP contribution >= 0.6 is 27.5 Å². The van der Waals surface area contributed by atoms with Crippen molar-refractivity contribution in [2.75, 3.05) is 18.5 Å². The number of halogens is 2. The van der Waals surface area contributed by atoms with Gasteiger partial charge < -0.3 is 15.7 Å². The third-order valence-corrected chi connectivity index (χ3v) is 3.52. The Labute approximate surface area is 124 Å². The fraction of sp³-hybridized carbons (Fsp3) is 0.333. The molecule has 104 valence electrons. The Morgan fingerprint density at radius 1 is 1.42 bits per heavy atom. The molecule has 3 N–H and O–H groups in total. The highest BCUT2D eigenvalue weighted by Gasteiger charge is 2.14. The molecule has 0 aliphatic heterocycles.